The molecule has 2 aromatic heterocycles. The van der Waals surface area contributed by atoms with E-state index in [0.717, 1.165) is 63.7 Å². The number of piperazine rings is 2. The zero-order valence-electron chi connectivity index (χ0n) is 19.6. The van der Waals surface area contributed by atoms with Gasteiger partial charge in [-0.3, -0.25) is 14.6 Å². The molecule has 0 aliphatic carbocycles. The molecule has 2 aliphatic heterocycles. The Kier molecular flexibility index (Phi) is 6.82. The summed E-state index contributed by atoms with van der Waals surface area (Å²) in [5, 5.41) is 4.13. The number of aromatic nitrogens is 3. The van der Waals surface area contributed by atoms with Crippen LogP contribution in [0, 0.1) is 6.92 Å². The molecule has 5 rings (SSSR count). The lowest BCUT2D eigenvalue weighted by atomic mass is 10.1. The van der Waals surface area contributed by atoms with Gasteiger partial charge in [-0.05, 0) is 19.1 Å². The second-order valence-corrected chi connectivity index (χ2v) is 8.99. The van der Waals surface area contributed by atoms with Crippen molar-refractivity contribution in [2.75, 3.05) is 63.8 Å². The van der Waals surface area contributed by atoms with Crippen LogP contribution < -0.4 is 4.90 Å². The third-order valence-electron chi connectivity index (χ3n) is 6.57. The third kappa shape index (κ3) is 5.43. The van der Waals surface area contributed by atoms with E-state index in [1.807, 2.05) is 53.6 Å². The topological polar surface area (TPSA) is 81.8 Å². The maximum atomic E-state index is 12.8. The molecular weight excluding hydrogens is 430 g/mol. The van der Waals surface area contributed by atoms with Crippen LogP contribution in [-0.2, 0) is 11.3 Å². The van der Waals surface area contributed by atoms with Crippen LogP contribution in [0.25, 0.3) is 11.4 Å². The monoisotopic (exact) mass is 461 g/mol. The molecule has 0 saturated carbocycles. The van der Waals surface area contributed by atoms with Crippen LogP contribution in [0.3, 0.4) is 0 Å². The average molecular weight is 462 g/mol. The number of aryl methyl sites for hydroxylation is 1. The van der Waals surface area contributed by atoms with Gasteiger partial charge in [0.25, 0.3) is 0 Å². The Labute approximate surface area is 200 Å². The smallest absolute Gasteiger partial charge is 0.241 e. The molecule has 4 heterocycles. The first-order valence-corrected chi connectivity index (χ1v) is 11.9. The van der Waals surface area contributed by atoms with E-state index < -0.39 is 0 Å². The van der Waals surface area contributed by atoms with Crippen molar-refractivity contribution >= 4 is 11.7 Å². The van der Waals surface area contributed by atoms with E-state index in [1.165, 1.54) is 5.56 Å². The van der Waals surface area contributed by atoms with Crippen molar-refractivity contribution < 1.29 is 9.32 Å². The Balaban J connectivity index is 1.05. The van der Waals surface area contributed by atoms with Crippen LogP contribution in [0.5, 0.6) is 0 Å². The van der Waals surface area contributed by atoms with E-state index in [1.54, 1.807) is 0 Å². The van der Waals surface area contributed by atoms with Crippen LogP contribution in [0.15, 0.2) is 53.2 Å². The fraction of sp³-hybridized carbons (Fsp3) is 0.440. The maximum absolute atomic E-state index is 12.8. The molecule has 0 atom stereocenters. The molecule has 0 unspecified atom stereocenters. The van der Waals surface area contributed by atoms with Gasteiger partial charge in [0.2, 0.25) is 17.6 Å². The lowest BCUT2D eigenvalue weighted by molar-refractivity contribution is -0.133. The molecule has 9 heteroatoms. The molecule has 0 bridgehead atoms. The van der Waals surface area contributed by atoms with Crippen molar-refractivity contribution in [1.82, 2.24) is 29.8 Å². The second kappa shape index (κ2) is 10.3. The summed E-state index contributed by atoms with van der Waals surface area (Å²) in [6.45, 7) is 9.79. The summed E-state index contributed by atoms with van der Waals surface area (Å²) in [4.78, 5) is 30.6. The van der Waals surface area contributed by atoms with Gasteiger partial charge in [0.15, 0.2) is 0 Å². The standard InChI is InChI=1S/C25H31N7O2/c1-20-5-7-21(8-6-20)25-27-23(34-28-25)18-29-10-12-30(13-11-29)19-24(33)32-16-14-31(15-17-32)22-4-2-3-9-26-22/h2-9H,10-19H2,1H3. The van der Waals surface area contributed by atoms with Crippen LogP contribution in [-0.4, -0.2) is 94.6 Å². The average Bonchev–Trinajstić information content (AvgIpc) is 3.35. The number of amides is 1. The molecular formula is C25H31N7O2. The summed E-state index contributed by atoms with van der Waals surface area (Å²) in [5.74, 6) is 2.46. The van der Waals surface area contributed by atoms with Gasteiger partial charge in [-0.2, -0.15) is 4.98 Å². The highest BCUT2D eigenvalue weighted by Gasteiger charge is 2.25. The molecule has 3 aromatic rings. The van der Waals surface area contributed by atoms with Gasteiger partial charge in [-0.25, -0.2) is 4.98 Å². The first kappa shape index (κ1) is 22.5. The summed E-state index contributed by atoms with van der Waals surface area (Å²) in [7, 11) is 0. The number of carbonyl (C=O) groups is 1. The second-order valence-electron chi connectivity index (χ2n) is 8.99. The molecule has 178 valence electrons. The van der Waals surface area contributed by atoms with Crippen LogP contribution in [0.1, 0.15) is 11.5 Å². The lowest BCUT2D eigenvalue weighted by Crippen LogP contribution is -2.53. The summed E-state index contributed by atoms with van der Waals surface area (Å²) >= 11 is 0. The van der Waals surface area contributed by atoms with E-state index in [9.17, 15) is 4.79 Å². The molecule has 9 nitrogen and oxygen atoms in total. The number of hydrogen-bond acceptors (Lipinski definition) is 8. The molecule has 2 fully saturated rings. The SMILES string of the molecule is Cc1ccc(-c2noc(CN3CCN(CC(=O)N4CCN(c5ccccn5)CC4)CC3)n2)cc1. The Bertz CT molecular complexity index is 1070. The quantitative estimate of drug-likeness (QED) is 0.551. The Morgan fingerprint density at radius 1 is 0.912 bits per heavy atom. The predicted molar refractivity (Wildman–Crippen MR) is 129 cm³/mol. The number of carbonyl (C=O) groups excluding carboxylic acids is 1. The number of benzene rings is 1. The summed E-state index contributed by atoms with van der Waals surface area (Å²) in [6.07, 6.45) is 1.81. The maximum Gasteiger partial charge on any atom is 0.241 e. The van der Waals surface area contributed by atoms with Crippen LogP contribution >= 0.6 is 0 Å². The summed E-state index contributed by atoms with van der Waals surface area (Å²) in [6, 6.07) is 14.1. The largest absolute Gasteiger partial charge is 0.353 e. The molecule has 2 saturated heterocycles. The van der Waals surface area contributed by atoms with Gasteiger partial charge in [0.05, 0.1) is 13.1 Å². The van der Waals surface area contributed by atoms with Gasteiger partial charge < -0.3 is 14.3 Å². The molecule has 34 heavy (non-hydrogen) atoms. The first-order chi connectivity index (χ1) is 16.6. The normalized spacial score (nSPS) is 17.8. The first-order valence-electron chi connectivity index (χ1n) is 11.9. The van der Waals surface area contributed by atoms with E-state index in [0.29, 0.717) is 24.8 Å². The predicted octanol–water partition coefficient (Wildman–Crippen LogP) is 1.91. The highest BCUT2D eigenvalue weighted by Crippen LogP contribution is 2.18. The van der Waals surface area contributed by atoms with Gasteiger partial charge in [0, 0.05) is 64.1 Å². The molecule has 0 radical (unpaired) electrons. The van der Waals surface area contributed by atoms with Crippen molar-refractivity contribution in [2.24, 2.45) is 0 Å². The zero-order valence-corrected chi connectivity index (χ0v) is 19.6. The number of hydrogen-bond donors (Lipinski definition) is 0. The number of anilines is 1. The Morgan fingerprint density at radius 2 is 1.65 bits per heavy atom. The van der Waals surface area contributed by atoms with Gasteiger partial charge >= 0.3 is 0 Å². The highest BCUT2D eigenvalue weighted by atomic mass is 16.5. The van der Waals surface area contributed by atoms with E-state index in [-0.39, 0.29) is 5.91 Å². The van der Waals surface area contributed by atoms with Crippen molar-refractivity contribution in [3.05, 3.63) is 60.1 Å². The summed E-state index contributed by atoms with van der Waals surface area (Å²) < 4.78 is 5.48. The Hall–Kier alpha value is -3.30. The lowest BCUT2D eigenvalue weighted by Gasteiger charge is -2.38. The van der Waals surface area contributed by atoms with E-state index in [4.69, 9.17) is 4.52 Å². The Morgan fingerprint density at radius 3 is 2.35 bits per heavy atom. The minimum absolute atomic E-state index is 0.216. The van der Waals surface area contributed by atoms with Gasteiger partial charge in [0.1, 0.15) is 5.82 Å². The molecule has 0 spiro atoms. The molecule has 1 amide bonds. The molecule has 1 aromatic carbocycles. The minimum Gasteiger partial charge on any atom is -0.353 e. The molecule has 0 N–H and O–H groups in total. The molecule has 2 aliphatic rings. The number of nitrogens with zero attached hydrogens (tertiary/aromatic N) is 7. The highest BCUT2D eigenvalue weighted by molar-refractivity contribution is 5.78. The van der Waals surface area contributed by atoms with Gasteiger partial charge in [-0.15, -0.1) is 0 Å². The van der Waals surface area contributed by atoms with Gasteiger partial charge in [-0.1, -0.05) is 41.1 Å². The number of pyridine rings is 1. The fourth-order valence-electron chi connectivity index (χ4n) is 4.45. The van der Waals surface area contributed by atoms with Crippen LogP contribution in [0.2, 0.25) is 0 Å². The van der Waals surface area contributed by atoms with Crippen molar-refractivity contribution in [2.45, 2.75) is 13.5 Å². The zero-order chi connectivity index (χ0) is 23.3. The summed E-state index contributed by atoms with van der Waals surface area (Å²) in [5.41, 5.74) is 2.17. The van der Waals surface area contributed by atoms with E-state index in [2.05, 4.69) is 36.7 Å². The fourth-order valence-corrected chi connectivity index (χ4v) is 4.45. The van der Waals surface area contributed by atoms with Crippen molar-refractivity contribution in [1.29, 1.82) is 0 Å². The van der Waals surface area contributed by atoms with Crippen LogP contribution in [0.4, 0.5) is 5.82 Å². The third-order valence-corrected chi connectivity index (χ3v) is 6.57. The number of rotatable bonds is 6. The minimum atomic E-state index is 0.216. The van der Waals surface area contributed by atoms with Crippen molar-refractivity contribution in [3.8, 4) is 11.4 Å². The van der Waals surface area contributed by atoms with E-state index >= 15 is 0 Å². The van der Waals surface area contributed by atoms with Crippen molar-refractivity contribution in [3.63, 3.8) is 0 Å².